The van der Waals surface area contributed by atoms with Crippen LogP contribution in [0.2, 0.25) is 5.02 Å². The van der Waals surface area contributed by atoms with Crippen LogP contribution in [0.25, 0.3) is 0 Å². The van der Waals surface area contributed by atoms with Gasteiger partial charge in [-0.1, -0.05) is 35.7 Å². The van der Waals surface area contributed by atoms with Crippen molar-refractivity contribution in [1.82, 2.24) is 26.4 Å². The highest BCUT2D eigenvalue weighted by molar-refractivity contribution is 6.34. The molecule has 7 nitrogen and oxygen atoms in total. The third-order valence-corrected chi connectivity index (χ3v) is 5.26. The standard InChI is InChI=1S/C24H20ClN5O2/c1-16-8-9-19(23(31)27-28-24(32)22-17(2)6-5-7-21(22)25)14-18(16)10-11-20-15-26-30-13-4-3-12-29(20)30/h3-9,12-15,26H,1-2H3,(H,27,31)(H,28,32). The number of rotatable bonds is 2. The number of fused-ring (bicyclic) bond motifs is 1. The average Bonchev–Trinajstić information content (AvgIpc) is 3.20. The number of carbonyl (C=O) groups is 2. The van der Waals surface area contributed by atoms with E-state index in [4.69, 9.17) is 11.6 Å². The Bertz CT molecular complexity index is 1230. The molecule has 0 radical (unpaired) electrons. The lowest BCUT2D eigenvalue weighted by Crippen LogP contribution is -2.42. The Hall–Kier alpha value is -4.15. The molecule has 0 unspecified atom stereocenters. The summed E-state index contributed by atoms with van der Waals surface area (Å²) in [6.07, 6.45) is 9.38. The molecule has 8 heteroatoms. The number of nitrogens with zero attached hydrogens (tertiary/aromatic N) is 2. The highest BCUT2D eigenvalue weighted by Gasteiger charge is 2.19. The maximum absolute atomic E-state index is 12.6. The summed E-state index contributed by atoms with van der Waals surface area (Å²) < 4.78 is 0. The number of hydrogen-bond acceptors (Lipinski definition) is 5. The van der Waals surface area contributed by atoms with Gasteiger partial charge in [0.15, 0.2) is 0 Å². The summed E-state index contributed by atoms with van der Waals surface area (Å²) in [7, 11) is 0. The number of hydrogen-bond donors (Lipinski definition) is 3. The molecule has 0 bridgehead atoms. The van der Waals surface area contributed by atoms with E-state index >= 15 is 0 Å². The van der Waals surface area contributed by atoms with Crippen LogP contribution in [-0.4, -0.2) is 21.9 Å². The second kappa shape index (κ2) is 8.92. The molecule has 0 aromatic heterocycles. The SMILES string of the molecule is Cc1ccc(C(=O)NNC(=O)c2c(C)cccc2Cl)cc1C#CC1=CNN2C=CC=CN12. The van der Waals surface area contributed by atoms with Crippen molar-refractivity contribution < 1.29 is 9.59 Å². The lowest BCUT2D eigenvalue weighted by Gasteiger charge is -2.26. The fourth-order valence-electron chi connectivity index (χ4n) is 3.19. The minimum Gasteiger partial charge on any atom is -0.284 e. The highest BCUT2D eigenvalue weighted by Crippen LogP contribution is 2.19. The Morgan fingerprint density at radius 1 is 0.969 bits per heavy atom. The summed E-state index contributed by atoms with van der Waals surface area (Å²) in [5.74, 6) is 5.30. The summed E-state index contributed by atoms with van der Waals surface area (Å²) in [5.41, 5.74) is 11.7. The maximum atomic E-state index is 12.6. The minimum absolute atomic E-state index is 0.318. The topological polar surface area (TPSA) is 76.7 Å². The van der Waals surface area contributed by atoms with Crippen LogP contribution in [0, 0.1) is 25.7 Å². The van der Waals surface area contributed by atoms with E-state index in [2.05, 4.69) is 28.1 Å². The van der Waals surface area contributed by atoms with Crippen LogP contribution >= 0.6 is 11.6 Å². The van der Waals surface area contributed by atoms with Crippen LogP contribution < -0.4 is 16.3 Å². The molecule has 160 valence electrons. The first-order valence-corrected chi connectivity index (χ1v) is 10.2. The van der Waals surface area contributed by atoms with Gasteiger partial charge in [-0.25, -0.2) is 5.01 Å². The molecule has 2 aliphatic heterocycles. The molecule has 0 fully saturated rings. The normalized spacial score (nSPS) is 13.5. The second-order valence-corrected chi connectivity index (χ2v) is 7.56. The summed E-state index contributed by atoms with van der Waals surface area (Å²) in [5, 5.41) is 3.98. The van der Waals surface area contributed by atoms with Gasteiger partial charge in [-0.15, -0.1) is 0 Å². The first-order chi connectivity index (χ1) is 15.4. The largest absolute Gasteiger partial charge is 0.284 e. The van der Waals surface area contributed by atoms with Gasteiger partial charge in [0.1, 0.15) is 5.70 Å². The van der Waals surface area contributed by atoms with Crippen LogP contribution in [0.4, 0.5) is 0 Å². The van der Waals surface area contributed by atoms with Crippen LogP contribution in [0.1, 0.15) is 37.4 Å². The van der Waals surface area contributed by atoms with Crippen molar-refractivity contribution in [2.75, 3.05) is 0 Å². The van der Waals surface area contributed by atoms with Gasteiger partial charge in [-0.2, -0.15) is 5.12 Å². The lowest BCUT2D eigenvalue weighted by molar-refractivity contribution is 0.0846. The summed E-state index contributed by atoms with van der Waals surface area (Å²) in [6.45, 7) is 3.70. The monoisotopic (exact) mass is 445 g/mol. The maximum Gasteiger partial charge on any atom is 0.271 e. The molecule has 4 rings (SSSR count). The molecule has 0 saturated carbocycles. The number of allylic oxidation sites excluding steroid dienone is 3. The molecule has 2 aromatic rings. The van der Waals surface area contributed by atoms with Crippen molar-refractivity contribution >= 4 is 23.4 Å². The Balaban J connectivity index is 1.46. The van der Waals surface area contributed by atoms with E-state index < -0.39 is 11.8 Å². The van der Waals surface area contributed by atoms with Gasteiger partial charge in [0.2, 0.25) is 0 Å². The first kappa shape index (κ1) is 21.1. The Labute approximate surface area is 190 Å². The molecule has 2 heterocycles. The Morgan fingerprint density at radius 3 is 2.56 bits per heavy atom. The van der Waals surface area contributed by atoms with Crippen LogP contribution in [0.15, 0.2) is 72.8 Å². The molecular formula is C24H20ClN5O2. The van der Waals surface area contributed by atoms with E-state index in [0.717, 1.165) is 11.3 Å². The molecular weight excluding hydrogens is 426 g/mol. The molecule has 32 heavy (non-hydrogen) atoms. The fourth-order valence-corrected chi connectivity index (χ4v) is 3.50. The number of aryl methyl sites for hydroxylation is 2. The fraction of sp³-hybridized carbons (Fsp3) is 0.0833. The van der Waals surface area contributed by atoms with Gasteiger partial charge in [-0.3, -0.25) is 25.9 Å². The summed E-state index contributed by atoms with van der Waals surface area (Å²) in [6, 6.07) is 10.3. The van der Waals surface area contributed by atoms with Crippen molar-refractivity contribution in [1.29, 1.82) is 0 Å². The number of carbonyl (C=O) groups excluding carboxylic acids is 2. The molecule has 0 spiro atoms. The smallest absolute Gasteiger partial charge is 0.271 e. The van der Waals surface area contributed by atoms with E-state index in [1.54, 1.807) is 48.6 Å². The van der Waals surface area contributed by atoms with Gasteiger partial charge < -0.3 is 0 Å². The van der Waals surface area contributed by atoms with E-state index in [0.29, 0.717) is 27.3 Å². The molecule has 3 N–H and O–H groups in total. The quantitative estimate of drug-likeness (QED) is 0.488. The predicted octanol–water partition coefficient (Wildman–Crippen LogP) is 3.30. The van der Waals surface area contributed by atoms with E-state index in [1.807, 2.05) is 42.6 Å². The summed E-state index contributed by atoms with van der Waals surface area (Å²) >= 11 is 6.11. The molecule has 2 amide bonds. The zero-order chi connectivity index (χ0) is 22.7. The van der Waals surface area contributed by atoms with Gasteiger partial charge in [0, 0.05) is 23.5 Å². The number of nitrogens with one attached hydrogen (secondary N) is 3. The number of benzene rings is 2. The molecule has 2 aromatic carbocycles. The van der Waals surface area contributed by atoms with Gasteiger partial charge >= 0.3 is 0 Å². The van der Waals surface area contributed by atoms with Crippen molar-refractivity contribution in [2.45, 2.75) is 13.8 Å². The number of amides is 2. The van der Waals surface area contributed by atoms with Crippen LogP contribution in [0.5, 0.6) is 0 Å². The number of halogens is 1. The molecule has 2 aliphatic rings. The summed E-state index contributed by atoms with van der Waals surface area (Å²) in [4.78, 5) is 25.0. The zero-order valence-corrected chi connectivity index (χ0v) is 18.2. The van der Waals surface area contributed by atoms with Crippen LogP contribution in [0.3, 0.4) is 0 Å². The van der Waals surface area contributed by atoms with Crippen LogP contribution in [-0.2, 0) is 0 Å². The Kier molecular flexibility index (Phi) is 5.88. The van der Waals surface area contributed by atoms with Crippen molar-refractivity contribution in [3.63, 3.8) is 0 Å². The van der Waals surface area contributed by atoms with E-state index in [-0.39, 0.29) is 0 Å². The molecule has 0 saturated heterocycles. The van der Waals surface area contributed by atoms with Gasteiger partial charge in [0.25, 0.3) is 11.8 Å². The van der Waals surface area contributed by atoms with Crippen molar-refractivity contribution in [2.24, 2.45) is 0 Å². The van der Waals surface area contributed by atoms with Crippen molar-refractivity contribution in [3.8, 4) is 11.8 Å². The van der Waals surface area contributed by atoms with Gasteiger partial charge in [-0.05, 0) is 61.2 Å². The predicted molar refractivity (Wildman–Crippen MR) is 122 cm³/mol. The zero-order valence-electron chi connectivity index (χ0n) is 17.4. The molecule has 0 atom stereocenters. The van der Waals surface area contributed by atoms with Crippen molar-refractivity contribution in [3.05, 3.63) is 106 Å². The average molecular weight is 446 g/mol. The lowest BCUT2D eigenvalue weighted by atomic mass is 10.0. The minimum atomic E-state index is -0.484. The first-order valence-electron chi connectivity index (χ1n) is 9.82. The third-order valence-electron chi connectivity index (χ3n) is 4.94. The van der Waals surface area contributed by atoms with E-state index in [9.17, 15) is 9.59 Å². The van der Waals surface area contributed by atoms with E-state index in [1.165, 1.54) is 0 Å². The second-order valence-electron chi connectivity index (χ2n) is 7.15. The number of hydrazine groups is 3. The third kappa shape index (κ3) is 4.31. The molecule has 0 aliphatic carbocycles. The van der Waals surface area contributed by atoms with Gasteiger partial charge in [0.05, 0.1) is 16.8 Å². The highest BCUT2D eigenvalue weighted by atomic mass is 35.5. The Morgan fingerprint density at radius 2 is 1.75 bits per heavy atom.